The summed E-state index contributed by atoms with van der Waals surface area (Å²) in [5.41, 5.74) is 0.294. The van der Waals surface area contributed by atoms with E-state index in [9.17, 15) is 13.2 Å². The van der Waals surface area contributed by atoms with E-state index in [2.05, 4.69) is 10.3 Å². The van der Waals surface area contributed by atoms with Gasteiger partial charge in [-0.05, 0) is 25.0 Å². The Balaban J connectivity index is 1.46. The quantitative estimate of drug-likeness (QED) is 0.678. The molecule has 0 spiro atoms. The van der Waals surface area contributed by atoms with Gasteiger partial charge in [-0.1, -0.05) is 5.21 Å². The molecule has 0 atom stereocenters. The van der Waals surface area contributed by atoms with E-state index in [0.717, 1.165) is 25.9 Å². The van der Waals surface area contributed by atoms with E-state index in [-0.39, 0.29) is 35.7 Å². The Kier molecular flexibility index (Phi) is 5.17. The Bertz CT molecular complexity index is 1010. The van der Waals surface area contributed by atoms with E-state index in [1.54, 1.807) is 27.9 Å². The van der Waals surface area contributed by atoms with Gasteiger partial charge in [0.2, 0.25) is 10.0 Å². The molecule has 2 aromatic rings. The number of likely N-dealkylation sites (tertiary alicyclic amines) is 1. The molecule has 1 aromatic carbocycles. The van der Waals surface area contributed by atoms with E-state index in [1.807, 2.05) is 0 Å². The number of carbonyl (C=O) groups excluding carboxylic acids is 1. The van der Waals surface area contributed by atoms with Gasteiger partial charge in [-0.2, -0.15) is 4.31 Å². The number of benzene rings is 1. The number of amides is 1. The lowest BCUT2D eigenvalue weighted by molar-refractivity contribution is 0.0786. The van der Waals surface area contributed by atoms with E-state index < -0.39 is 10.0 Å². The van der Waals surface area contributed by atoms with Gasteiger partial charge in [-0.3, -0.25) is 4.79 Å². The van der Waals surface area contributed by atoms with Crippen molar-refractivity contribution in [2.45, 2.75) is 23.8 Å². The molecule has 0 N–H and O–H groups in total. The highest BCUT2D eigenvalue weighted by atomic mass is 32.2. The van der Waals surface area contributed by atoms with Crippen molar-refractivity contribution in [3.05, 3.63) is 30.1 Å². The van der Waals surface area contributed by atoms with Crippen LogP contribution in [0.25, 0.3) is 0 Å². The van der Waals surface area contributed by atoms with Crippen LogP contribution >= 0.6 is 0 Å². The number of nitrogens with zero attached hydrogens (tertiary/aromatic N) is 5. The largest absolute Gasteiger partial charge is 0.497 e. The van der Waals surface area contributed by atoms with Crippen LogP contribution < -0.4 is 9.47 Å². The molecular formula is C18H23N5O5S. The number of rotatable bonds is 6. The second-order valence-corrected chi connectivity index (χ2v) is 8.98. The minimum absolute atomic E-state index is 0.0568. The summed E-state index contributed by atoms with van der Waals surface area (Å²) >= 11 is 0. The van der Waals surface area contributed by atoms with Crippen molar-refractivity contribution >= 4 is 15.9 Å². The van der Waals surface area contributed by atoms with Crippen molar-refractivity contribution in [2.24, 2.45) is 0 Å². The summed E-state index contributed by atoms with van der Waals surface area (Å²) < 4.78 is 39.3. The molecule has 3 heterocycles. The first-order valence-corrected chi connectivity index (χ1v) is 10.8. The fourth-order valence-electron chi connectivity index (χ4n) is 3.54. The van der Waals surface area contributed by atoms with Gasteiger partial charge in [-0.25, -0.2) is 13.1 Å². The lowest BCUT2D eigenvalue weighted by Crippen LogP contribution is -2.50. The smallest absolute Gasteiger partial charge is 0.276 e. The Hall–Kier alpha value is -2.66. The molecule has 0 saturated carbocycles. The zero-order valence-electron chi connectivity index (χ0n) is 16.3. The van der Waals surface area contributed by atoms with E-state index >= 15 is 0 Å². The van der Waals surface area contributed by atoms with Crippen LogP contribution in [-0.4, -0.2) is 78.9 Å². The number of hydrogen-bond donors (Lipinski definition) is 0. The maximum absolute atomic E-state index is 13.0. The van der Waals surface area contributed by atoms with Crippen molar-refractivity contribution in [2.75, 3.05) is 40.4 Å². The third-order valence-electron chi connectivity index (χ3n) is 5.31. The highest BCUT2D eigenvalue weighted by Crippen LogP contribution is 2.34. The normalized spacial score (nSPS) is 17.9. The van der Waals surface area contributed by atoms with E-state index in [1.165, 1.54) is 24.6 Å². The van der Waals surface area contributed by atoms with Gasteiger partial charge in [-0.15, -0.1) is 5.10 Å². The molecule has 2 aliphatic rings. The topological polar surface area (TPSA) is 107 Å². The van der Waals surface area contributed by atoms with E-state index in [4.69, 9.17) is 9.47 Å². The molecule has 0 bridgehead atoms. The maximum Gasteiger partial charge on any atom is 0.276 e. The van der Waals surface area contributed by atoms with Gasteiger partial charge in [0.1, 0.15) is 16.4 Å². The minimum Gasteiger partial charge on any atom is -0.497 e. The highest BCUT2D eigenvalue weighted by Gasteiger charge is 2.40. The summed E-state index contributed by atoms with van der Waals surface area (Å²) in [5, 5.41) is 8.01. The third kappa shape index (κ3) is 3.55. The number of hydrogen-bond acceptors (Lipinski definition) is 7. The average Bonchev–Trinajstić information content (AvgIpc) is 3.38. The second-order valence-electron chi connectivity index (χ2n) is 7.08. The standard InChI is InChI=1S/C18H23N5O5S/c1-27-14-5-6-16(28-2)17(9-14)29(25,26)22-10-13(11-22)23-12-15(19-20-23)18(24)21-7-3-4-8-21/h5-6,9,12-13H,3-4,7-8,10-11H2,1-2H3. The molecule has 11 heteroatoms. The van der Waals surface area contributed by atoms with Crippen molar-refractivity contribution in [1.29, 1.82) is 0 Å². The lowest BCUT2D eigenvalue weighted by Gasteiger charge is -2.37. The van der Waals surface area contributed by atoms with Crippen LogP contribution in [-0.2, 0) is 10.0 Å². The minimum atomic E-state index is -3.75. The van der Waals surface area contributed by atoms with Gasteiger partial charge in [0, 0.05) is 32.2 Å². The fourth-order valence-corrected chi connectivity index (χ4v) is 5.23. The first kappa shape index (κ1) is 19.6. The number of carbonyl (C=O) groups is 1. The zero-order valence-corrected chi connectivity index (χ0v) is 17.1. The molecule has 156 valence electrons. The Labute approximate surface area is 169 Å². The van der Waals surface area contributed by atoms with Crippen LogP contribution in [0, 0.1) is 0 Å². The van der Waals surface area contributed by atoms with Gasteiger partial charge >= 0.3 is 0 Å². The zero-order chi connectivity index (χ0) is 20.6. The Morgan fingerprint density at radius 2 is 1.86 bits per heavy atom. The first-order valence-electron chi connectivity index (χ1n) is 9.37. The predicted molar refractivity (Wildman–Crippen MR) is 103 cm³/mol. The molecule has 0 unspecified atom stereocenters. The van der Waals surface area contributed by atoms with E-state index in [0.29, 0.717) is 11.4 Å². The number of methoxy groups -OCH3 is 2. The summed E-state index contributed by atoms with van der Waals surface area (Å²) in [6.07, 6.45) is 3.60. The molecule has 2 fully saturated rings. The summed E-state index contributed by atoms with van der Waals surface area (Å²) in [6.45, 7) is 1.96. The van der Waals surface area contributed by atoms with Crippen molar-refractivity contribution in [3.63, 3.8) is 0 Å². The van der Waals surface area contributed by atoms with Gasteiger partial charge in [0.05, 0.1) is 26.5 Å². The Morgan fingerprint density at radius 1 is 1.14 bits per heavy atom. The molecule has 10 nitrogen and oxygen atoms in total. The summed E-state index contributed by atoms with van der Waals surface area (Å²) in [4.78, 5) is 14.2. The molecule has 0 aliphatic carbocycles. The second kappa shape index (κ2) is 7.64. The first-order chi connectivity index (χ1) is 13.9. The Morgan fingerprint density at radius 3 is 2.52 bits per heavy atom. The van der Waals surface area contributed by atoms with Crippen LogP contribution in [0.4, 0.5) is 0 Å². The monoisotopic (exact) mass is 421 g/mol. The lowest BCUT2D eigenvalue weighted by atomic mass is 10.2. The molecule has 1 amide bonds. The van der Waals surface area contributed by atoms with Crippen LogP contribution in [0.3, 0.4) is 0 Å². The molecule has 1 aromatic heterocycles. The number of aromatic nitrogens is 3. The van der Waals surface area contributed by atoms with Crippen molar-refractivity contribution < 1.29 is 22.7 Å². The predicted octanol–water partition coefficient (Wildman–Crippen LogP) is 0.777. The SMILES string of the molecule is COc1ccc(OC)c(S(=O)(=O)N2CC(n3cc(C(=O)N4CCCC4)nn3)C2)c1. The molecule has 2 aliphatic heterocycles. The fraction of sp³-hybridized carbons (Fsp3) is 0.500. The number of sulfonamides is 1. The average molecular weight is 421 g/mol. The van der Waals surface area contributed by atoms with Gasteiger partial charge in [0.15, 0.2) is 5.69 Å². The molecule has 29 heavy (non-hydrogen) atoms. The molecule has 4 rings (SSSR count). The van der Waals surface area contributed by atoms with Crippen LogP contribution in [0.15, 0.2) is 29.3 Å². The van der Waals surface area contributed by atoms with Gasteiger partial charge in [0.25, 0.3) is 5.91 Å². The summed E-state index contributed by atoms with van der Waals surface area (Å²) in [5.74, 6) is 0.565. The van der Waals surface area contributed by atoms with Crippen molar-refractivity contribution in [3.8, 4) is 11.5 Å². The summed E-state index contributed by atoms with van der Waals surface area (Å²) in [7, 11) is -0.849. The van der Waals surface area contributed by atoms with Crippen molar-refractivity contribution in [1.82, 2.24) is 24.2 Å². The maximum atomic E-state index is 13.0. The van der Waals surface area contributed by atoms with Crippen LogP contribution in [0.2, 0.25) is 0 Å². The third-order valence-corrected chi connectivity index (χ3v) is 7.17. The number of ether oxygens (including phenoxy) is 2. The molecule has 2 saturated heterocycles. The van der Waals surface area contributed by atoms with Crippen LogP contribution in [0.5, 0.6) is 11.5 Å². The van der Waals surface area contributed by atoms with Gasteiger partial charge < -0.3 is 14.4 Å². The summed E-state index contributed by atoms with van der Waals surface area (Å²) in [6, 6.07) is 4.49. The molecule has 0 radical (unpaired) electrons. The van der Waals surface area contributed by atoms with Crippen LogP contribution in [0.1, 0.15) is 29.4 Å². The highest BCUT2D eigenvalue weighted by molar-refractivity contribution is 7.89. The molecular weight excluding hydrogens is 398 g/mol.